The van der Waals surface area contributed by atoms with Crippen molar-refractivity contribution in [3.63, 3.8) is 0 Å². The SMILES string of the molecule is O.O.O.O.[K+].[K+].[Zn]. The monoisotopic (exact) mass is 214 g/mol. The maximum atomic E-state index is 0. The van der Waals surface area contributed by atoms with E-state index >= 15 is 0 Å². The van der Waals surface area contributed by atoms with Crippen molar-refractivity contribution in [1.29, 1.82) is 0 Å². The molecular formula is H8K2O4Zn+2. The molecule has 0 aliphatic rings. The quantitative estimate of drug-likeness (QED) is 0.356. The van der Waals surface area contributed by atoms with Crippen molar-refractivity contribution < 1.29 is 144 Å². The second-order valence-electron chi connectivity index (χ2n) is 0. The fourth-order valence-corrected chi connectivity index (χ4v) is 0. The van der Waals surface area contributed by atoms with Gasteiger partial charge in [0.05, 0.1) is 0 Å². The molecule has 0 heterocycles. The van der Waals surface area contributed by atoms with Crippen molar-refractivity contribution in [2.75, 3.05) is 0 Å². The Bertz CT molecular complexity index is 9.65. The van der Waals surface area contributed by atoms with Gasteiger partial charge < -0.3 is 21.9 Å². The van der Waals surface area contributed by atoms with Gasteiger partial charge in [0.15, 0.2) is 0 Å². The Balaban J connectivity index is 0. The first kappa shape index (κ1) is 72.9. The van der Waals surface area contributed by atoms with E-state index in [4.69, 9.17) is 0 Å². The minimum atomic E-state index is 0. The zero-order valence-corrected chi connectivity index (χ0v) is 13.9. The van der Waals surface area contributed by atoms with Crippen LogP contribution in [0, 0.1) is 0 Å². The minimum absolute atomic E-state index is 0. The fraction of sp³-hybridized carbons (Fsp3) is 0. The van der Waals surface area contributed by atoms with Crippen molar-refractivity contribution in [3.8, 4) is 0 Å². The molecule has 0 aromatic carbocycles. The molecule has 0 atom stereocenters. The summed E-state index contributed by atoms with van der Waals surface area (Å²) < 4.78 is 0. The van der Waals surface area contributed by atoms with Gasteiger partial charge in [0.2, 0.25) is 0 Å². The molecule has 7 heavy (non-hydrogen) atoms. The minimum Gasteiger partial charge on any atom is -0.412 e. The smallest absolute Gasteiger partial charge is 0.412 e. The van der Waals surface area contributed by atoms with E-state index in [1.807, 2.05) is 0 Å². The third kappa shape index (κ3) is 41.7. The van der Waals surface area contributed by atoms with Crippen LogP contribution in [0.25, 0.3) is 0 Å². The Hall–Kier alpha value is 3.74. The number of rotatable bonds is 0. The first-order chi connectivity index (χ1) is 0. The zero-order valence-electron chi connectivity index (χ0n) is 4.71. The van der Waals surface area contributed by atoms with E-state index < -0.39 is 0 Å². The third-order valence-electron chi connectivity index (χ3n) is 0. The number of hydrogen-bond acceptors (Lipinski definition) is 0. The van der Waals surface area contributed by atoms with Crippen LogP contribution in [0.3, 0.4) is 0 Å². The van der Waals surface area contributed by atoms with Crippen LogP contribution in [0.15, 0.2) is 0 Å². The van der Waals surface area contributed by atoms with E-state index in [2.05, 4.69) is 0 Å². The second kappa shape index (κ2) is 53.2. The summed E-state index contributed by atoms with van der Waals surface area (Å²) >= 11 is 0. The van der Waals surface area contributed by atoms with Gasteiger partial charge in [-0.05, 0) is 0 Å². The van der Waals surface area contributed by atoms with Crippen molar-refractivity contribution in [1.82, 2.24) is 0 Å². The summed E-state index contributed by atoms with van der Waals surface area (Å²) in [6.45, 7) is 0. The van der Waals surface area contributed by atoms with Gasteiger partial charge in [-0.1, -0.05) is 0 Å². The molecular weight excluding hydrogens is 208 g/mol. The van der Waals surface area contributed by atoms with E-state index in [1.54, 1.807) is 0 Å². The molecule has 0 radical (unpaired) electrons. The molecule has 0 aliphatic carbocycles. The van der Waals surface area contributed by atoms with E-state index in [0.29, 0.717) is 0 Å². The Labute approximate surface area is 140 Å². The first-order valence-corrected chi connectivity index (χ1v) is 0. The molecule has 4 nitrogen and oxygen atoms in total. The molecule has 0 aromatic rings. The molecule has 0 saturated carbocycles. The molecule has 0 spiro atoms. The van der Waals surface area contributed by atoms with Crippen LogP contribution in [0.5, 0.6) is 0 Å². The third-order valence-corrected chi connectivity index (χ3v) is 0. The van der Waals surface area contributed by atoms with Gasteiger partial charge in [-0.15, -0.1) is 0 Å². The average molecular weight is 216 g/mol. The van der Waals surface area contributed by atoms with E-state index in [9.17, 15) is 0 Å². The molecule has 0 rings (SSSR count). The fourth-order valence-electron chi connectivity index (χ4n) is 0. The van der Waals surface area contributed by atoms with Crippen molar-refractivity contribution in [3.05, 3.63) is 0 Å². The summed E-state index contributed by atoms with van der Waals surface area (Å²) in [5, 5.41) is 0. The van der Waals surface area contributed by atoms with Crippen LogP contribution in [0.4, 0.5) is 0 Å². The summed E-state index contributed by atoms with van der Waals surface area (Å²) in [6, 6.07) is 0. The van der Waals surface area contributed by atoms with Crippen LogP contribution < -0.4 is 103 Å². The zero-order chi connectivity index (χ0) is 0. The molecule has 0 amide bonds. The molecule has 34 valence electrons. The van der Waals surface area contributed by atoms with Gasteiger partial charge in [-0.3, -0.25) is 0 Å². The van der Waals surface area contributed by atoms with E-state index in [0.717, 1.165) is 0 Å². The maximum absolute atomic E-state index is 0. The molecule has 0 unspecified atom stereocenters. The summed E-state index contributed by atoms with van der Waals surface area (Å²) in [4.78, 5) is 0. The Morgan fingerprint density at radius 2 is 0.429 bits per heavy atom. The molecule has 0 fully saturated rings. The number of hydrogen-bond donors (Lipinski definition) is 0. The molecule has 0 saturated heterocycles. The van der Waals surface area contributed by atoms with E-state index in [1.165, 1.54) is 0 Å². The second-order valence-corrected chi connectivity index (χ2v) is 0. The standard InChI is InChI=1S/2K.4H2O.Zn/h;;4*1H2;/q2*+1;;;;;. The normalized spacial score (nSPS) is 0. The summed E-state index contributed by atoms with van der Waals surface area (Å²) in [5.41, 5.74) is 0. The van der Waals surface area contributed by atoms with E-state index in [-0.39, 0.29) is 144 Å². The van der Waals surface area contributed by atoms with Crippen molar-refractivity contribution in [2.45, 2.75) is 0 Å². The summed E-state index contributed by atoms with van der Waals surface area (Å²) in [5.74, 6) is 0. The van der Waals surface area contributed by atoms with Gasteiger partial charge in [0.1, 0.15) is 0 Å². The van der Waals surface area contributed by atoms with Gasteiger partial charge in [0.25, 0.3) is 0 Å². The maximum Gasteiger partial charge on any atom is 1.00 e. The molecule has 8 N–H and O–H groups in total. The predicted molar refractivity (Wildman–Crippen MR) is 14.5 cm³/mol. The Morgan fingerprint density at radius 1 is 0.429 bits per heavy atom. The van der Waals surface area contributed by atoms with Gasteiger partial charge >= 0.3 is 103 Å². The summed E-state index contributed by atoms with van der Waals surface area (Å²) in [7, 11) is 0. The van der Waals surface area contributed by atoms with Crippen LogP contribution in [-0.4, -0.2) is 21.9 Å². The van der Waals surface area contributed by atoms with Crippen LogP contribution in [0.2, 0.25) is 0 Å². The van der Waals surface area contributed by atoms with Crippen LogP contribution in [0.1, 0.15) is 0 Å². The van der Waals surface area contributed by atoms with Crippen molar-refractivity contribution >= 4 is 0 Å². The molecule has 7 heteroatoms. The Morgan fingerprint density at radius 3 is 0.429 bits per heavy atom. The topological polar surface area (TPSA) is 126 Å². The van der Waals surface area contributed by atoms with Gasteiger partial charge in [-0.2, -0.15) is 0 Å². The Kier molecular flexibility index (Phi) is 554. The average Bonchev–Trinajstić information content (AvgIpc) is 0. The molecule has 0 bridgehead atoms. The van der Waals surface area contributed by atoms with Gasteiger partial charge in [-0.25, -0.2) is 0 Å². The molecule has 0 aromatic heterocycles. The molecule has 0 aliphatic heterocycles. The van der Waals surface area contributed by atoms with Crippen LogP contribution in [-0.2, 0) is 19.5 Å². The predicted octanol–water partition coefficient (Wildman–Crippen LogP) is -9.29. The van der Waals surface area contributed by atoms with Crippen LogP contribution >= 0.6 is 0 Å². The van der Waals surface area contributed by atoms with Gasteiger partial charge in [0, 0.05) is 19.5 Å². The first-order valence-electron chi connectivity index (χ1n) is 0. The summed E-state index contributed by atoms with van der Waals surface area (Å²) in [6.07, 6.45) is 0. The largest absolute Gasteiger partial charge is 1.00 e. The van der Waals surface area contributed by atoms with Crippen molar-refractivity contribution in [2.24, 2.45) is 0 Å².